The molecule has 0 atom stereocenters. The Labute approximate surface area is 156 Å². The van der Waals surface area contributed by atoms with Crippen molar-refractivity contribution in [3.8, 4) is 0 Å². The number of fused-ring (bicyclic) bond motifs is 1. The predicted molar refractivity (Wildman–Crippen MR) is 106 cm³/mol. The fraction of sp³-hybridized carbons (Fsp3) is 0.350. The Balaban J connectivity index is 2.11. The summed E-state index contributed by atoms with van der Waals surface area (Å²) in [6.07, 6.45) is 0. The van der Waals surface area contributed by atoms with E-state index in [0.29, 0.717) is 23.3 Å². The van der Waals surface area contributed by atoms with E-state index >= 15 is 0 Å². The number of ketones is 1. The van der Waals surface area contributed by atoms with Gasteiger partial charge < -0.3 is 4.90 Å². The van der Waals surface area contributed by atoms with E-state index < -0.39 is 0 Å². The second kappa shape index (κ2) is 7.13. The molecule has 3 rings (SSSR count). The quantitative estimate of drug-likeness (QED) is 0.648. The molecule has 0 aliphatic heterocycles. The van der Waals surface area contributed by atoms with Crippen molar-refractivity contribution in [1.82, 2.24) is 14.5 Å². The summed E-state index contributed by atoms with van der Waals surface area (Å²) in [5, 5.41) is 0.631. The smallest absolute Gasteiger partial charge is 0.263 e. The molecule has 0 N–H and O–H groups in total. The second-order valence-corrected chi connectivity index (χ2v) is 8.11. The van der Waals surface area contributed by atoms with Crippen molar-refractivity contribution in [2.24, 2.45) is 0 Å². The van der Waals surface area contributed by atoms with Gasteiger partial charge in [-0.15, -0.1) is 11.3 Å². The molecular formula is C20H23N3O2S. The van der Waals surface area contributed by atoms with Gasteiger partial charge in [-0.25, -0.2) is 4.98 Å². The Morgan fingerprint density at radius 3 is 2.42 bits per heavy atom. The van der Waals surface area contributed by atoms with Crippen LogP contribution >= 0.6 is 11.3 Å². The first-order chi connectivity index (χ1) is 12.3. The molecule has 5 nitrogen and oxygen atoms in total. The monoisotopic (exact) mass is 369 g/mol. The van der Waals surface area contributed by atoms with Gasteiger partial charge in [-0.3, -0.25) is 14.2 Å². The third kappa shape index (κ3) is 3.48. The van der Waals surface area contributed by atoms with E-state index in [4.69, 9.17) is 4.98 Å². The average Bonchev–Trinajstić information content (AvgIpc) is 2.85. The van der Waals surface area contributed by atoms with Crippen LogP contribution in [-0.2, 0) is 13.1 Å². The van der Waals surface area contributed by atoms with Crippen molar-refractivity contribution in [2.45, 2.75) is 33.9 Å². The molecule has 0 saturated carbocycles. The molecule has 0 amide bonds. The number of aromatic nitrogens is 2. The van der Waals surface area contributed by atoms with Crippen LogP contribution < -0.4 is 5.56 Å². The van der Waals surface area contributed by atoms with Gasteiger partial charge in [-0.05, 0) is 40.4 Å². The number of hydrogen-bond donors (Lipinski definition) is 0. The van der Waals surface area contributed by atoms with E-state index in [-0.39, 0.29) is 17.9 Å². The minimum atomic E-state index is -0.130. The Hall–Kier alpha value is -2.31. The van der Waals surface area contributed by atoms with Crippen LogP contribution in [-0.4, -0.2) is 34.3 Å². The second-order valence-electron chi connectivity index (χ2n) is 6.91. The Bertz CT molecular complexity index is 1030. The van der Waals surface area contributed by atoms with Crippen molar-refractivity contribution in [3.63, 3.8) is 0 Å². The van der Waals surface area contributed by atoms with Crippen molar-refractivity contribution < 1.29 is 4.79 Å². The topological polar surface area (TPSA) is 55.2 Å². The lowest BCUT2D eigenvalue weighted by atomic mass is 10.1. The van der Waals surface area contributed by atoms with Gasteiger partial charge in [0.25, 0.3) is 5.56 Å². The van der Waals surface area contributed by atoms with E-state index in [1.54, 1.807) is 12.1 Å². The molecule has 26 heavy (non-hydrogen) atoms. The predicted octanol–water partition coefficient (Wildman–Crippen LogP) is 3.33. The van der Waals surface area contributed by atoms with Crippen LogP contribution in [0.5, 0.6) is 0 Å². The van der Waals surface area contributed by atoms with Crippen molar-refractivity contribution in [2.75, 3.05) is 14.1 Å². The molecule has 0 bridgehead atoms. The fourth-order valence-corrected chi connectivity index (χ4v) is 3.95. The summed E-state index contributed by atoms with van der Waals surface area (Å²) >= 11 is 1.53. The molecule has 2 aromatic heterocycles. The third-order valence-electron chi connectivity index (χ3n) is 4.50. The van der Waals surface area contributed by atoms with Gasteiger partial charge >= 0.3 is 0 Å². The minimum Gasteiger partial charge on any atom is -0.302 e. The summed E-state index contributed by atoms with van der Waals surface area (Å²) in [5.41, 5.74) is 2.53. The number of nitrogens with zero attached hydrogens (tertiary/aromatic N) is 3. The zero-order valence-corrected chi connectivity index (χ0v) is 16.6. The van der Waals surface area contributed by atoms with Crippen LogP contribution in [0.1, 0.15) is 32.2 Å². The highest BCUT2D eigenvalue weighted by molar-refractivity contribution is 7.18. The minimum absolute atomic E-state index is 0.00232. The molecule has 1 aromatic carbocycles. The molecule has 136 valence electrons. The van der Waals surface area contributed by atoms with Crippen LogP contribution in [0.4, 0.5) is 0 Å². The van der Waals surface area contributed by atoms with Crippen LogP contribution in [0.2, 0.25) is 0 Å². The molecule has 0 aliphatic carbocycles. The van der Waals surface area contributed by atoms with Crippen LogP contribution in [0.25, 0.3) is 10.2 Å². The van der Waals surface area contributed by atoms with E-state index in [0.717, 1.165) is 20.8 Å². The fourth-order valence-electron chi connectivity index (χ4n) is 2.91. The number of thiophene rings is 1. The van der Waals surface area contributed by atoms with Gasteiger partial charge in [0.2, 0.25) is 0 Å². The van der Waals surface area contributed by atoms with E-state index in [1.165, 1.54) is 15.9 Å². The first-order valence-electron chi connectivity index (χ1n) is 8.52. The maximum Gasteiger partial charge on any atom is 0.263 e. The largest absolute Gasteiger partial charge is 0.302 e. The third-order valence-corrected chi connectivity index (χ3v) is 5.60. The van der Waals surface area contributed by atoms with Gasteiger partial charge in [-0.2, -0.15) is 0 Å². The average molecular weight is 369 g/mol. The molecule has 0 unspecified atom stereocenters. The number of rotatable bonds is 5. The van der Waals surface area contributed by atoms with Crippen molar-refractivity contribution >= 4 is 27.3 Å². The van der Waals surface area contributed by atoms with Gasteiger partial charge in [0.15, 0.2) is 5.78 Å². The highest BCUT2D eigenvalue weighted by Gasteiger charge is 2.19. The molecule has 0 radical (unpaired) electrons. The van der Waals surface area contributed by atoms with Crippen molar-refractivity contribution in [1.29, 1.82) is 0 Å². The number of benzene rings is 1. The zero-order valence-electron chi connectivity index (χ0n) is 15.8. The zero-order chi connectivity index (χ0) is 19.0. The standard InChI is InChI=1S/C20H23N3O2S/c1-12-6-8-15(9-7-12)16(24)10-23-17(11-22(4)5)21-19-18(20(23)25)13(2)14(3)26-19/h6-9H,10-11H2,1-5H3. The number of carbonyl (C=O) groups is 1. The molecule has 2 heterocycles. The molecule has 0 spiro atoms. The Morgan fingerprint density at radius 1 is 1.15 bits per heavy atom. The van der Waals surface area contributed by atoms with E-state index in [1.807, 2.05) is 51.9 Å². The SMILES string of the molecule is Cc1ccc(C(=O)Cn2c(CN(C)C)nc3sc(C)c(C)c3c2=O)cc1. The van der Waals surface area contributed by atoms with Gasteiger partial charge in [0, 0.05) is 10.4 Å². The first kappa shape index (κ1) is 18.5. The van der Waals surface area contributed by atoms with Crippen molar-refractivity contribution in [3.05, 3.63) is 62.0 Å². The number of Topliss-reactive ketones (excluding diaryl/α,β-unsaturated/α-hetero) is 1. The first-order valence-corrected chi connectivity index (χ1v) is 9.33. The van der Waals surface area contributed by atoms with Crippen LogP contribution in [0.3, 0.4) is 0 Å². The highest BCUT2D eigenvalue weighted by atomic mass is 32.1. The summed E-state index contributed by atoms with van der Waals surface area (Å²) in [6, 6.07) is 7.43. The molecule has 3 aromatic rings. The van der Waals surface area contributed by atoms with Crippen LogP contribution in [0.15, 0.2) is 29.1 Å². The van der Waals surface area contributed by atoms with Gasteiger partial charge in [0.1, 0.15) is 10.7 Å². The number of hydrogen-bond acceptors (Lipinski definition) is 5. The molecule has 0 saturated heterocycles. The summed E-state index contributed by atoms with van der Waals surface area (Å²) in [4.78, 5) is 34.4. The highest BCUT2D eigenvalue weighted by Crippen LogP contribution is 2.26. The summed E-state index contributed by atoms with van der Waals surface area (Å²) < 4.78 is 1.53. The number of carbonyl (C=O) groups excluding carboxylic acids is 1. The van der Waals surface area contributed by atoms with Gasteiger partial charge in [0.05, 0.1) is 18.5 Å². The lowest BCUT2D eigenvalue weighted by molar-refractivity contribution is 0.0968. The molecule has 0 fully saturated rings. The maximum atomic E-state index is 13.1. The summed E-state index contributed by atoms with van der Waals surface area (Å²) in [5.74, 6) is 0.534. The maximum absolute atomic E-state index is 13.1. The normalized spacial score (nSPS) is 11.5. The lowest BCUT2D eigenvalue weighted by Gasteiger charge is -2.15. The van der Waals surface area contributed by atoms with Crippen LogP contribution in [0, 0.1) is 20.8 Å². The van der Waals surface area contributed by atoms with E-state index in [2.05, 4.69) is 0 Å². The van der Waals surface area contributed by atoms with E-state index in [9.17, 15) is 9.59 Å². The Kier molecular flexibility index (Phi) is 5.07. The molecule has 6 heteroatoms. The van der Waals surface area contributed by atoms with Gasteiger partial charge in [-0.1, -0.05) is 29.8 Å². The Morgan fingerprint density at radius 2 is 1.81 bits per heavy atom. The number of aryl methyl sites for hydroxylation is 3. The molecular weight excluding hydrogens is 346 g/mol. The summed E-state index contributed by atoms with van der Waals surface area (Å²) in [6.45, 7) is 6.42. The summed E-state index contributed by atoms with van der Waals surface area (Å²) in [7, 11) is 3.85. The molecule has 0 aliphatic rings. The lowest BCUT2D eigenvalue weighted by Crippen LogP contribution is -2.31.